The first-order chi connectivity index (χ1) is 14.2. The predicted octanol–water partition coefficient (Wildman–Crippen LogP) is 2.51. The van der Waals surface area contributed by atoms with Crippen LogP contribution in [0.3, 0.4) is 0 Å². The van der Waals surface area contributed by atoms with Crippen LogP contribution in [-0.2, 0) is 6.42 Å². The van der Waals surface area contributed by atoms with Crippen LogP contribution in [0, 0.1) is 0 Å². The van der Waals surface area contributed by atoms with Gasteiger partial charge in [0.15, 0.2) is 5.65 Å². The van der Waals surface area contributed by atoms with Crippen molar-refractivity contribution in [3.63, 3.8) is 0 Å². The lowest BCUT2D eigenvalue weighted by atomic mass is 10.1. The first-order valence-corrected chi connectivity index (χ1v) is 9.82. The van der Waals surface area contributed by atoms with Gasteiger partial charge in [-0.05, 0) is 31.9 Å². The van der Waals surface area contributed by atoms with Crippen molar-refractivity contribution in [1.29, 1.82) is 0 Å². The molecular weight excluding hydrogens is 370 g/mol. The smallest absolute Gasteiger partial charge is 0.261 e. The average Bonchev–Trinajstić information content (AvgIpc) is 3.47. The summed E-state index contributed by atoms with van der Waals surface area (Å²) in [4.78, 5) is 19.6. The molecule has 2 aliphatic heterocycles. The van der Waals surface area contributed by atoms with Crippen molar-refractivity contribution in [2.45, 2.75) is 32.3 Å². The van der Waals surface area contributed by atoms with Crippen molar-refractivity contribution in [2.75, 3.05) is 30.4 Å². The van der Waals surface area contributed by atoms with Crippen LogP contribution in [0.4, 0.5) is 11.4 Å². The molecule has 2 aromatic heterocycles. The summed E-state index contributed by atoms with van der Waals surface area (Å²) in [5.41, 5.74) is 4.01. The Morgan fingerprint density at radius 3 is 2.86 bits per heavy atom. The van der Waals surface area contributed by atoms with Gasteiger partial charge in [0.25, 0.3) is 5.91 Å². The lowest BCUT2D eigenvalue weighted by Gasteiger charge is -2.22. The van der Waals surface area contributed by atoms with E-state index in [4.69, 9.17) is 9.84 Å². The van der Waals surface area contributed by atoms with Crippen LogP contribution in [0.25, 0.3) is 5.65 Å². The van der Waals surface area contributed by atoms with Crippen molar-refractivity contribution in [3.05, 3.63) is 47.9 Å². The van der Waals surface area contributed by atoms with E-state index in [9.17, 15) is 4.79 Å². The van der Waals surface area contributed by atoms with Gasteiger partial charge in [-0.2, -0.15) is 5.10 Å². The minimum absolute atomic E-state index is 0.168. The summed E-state index contributed by atoms with van der Waals surface area (Å²) in [7, 11) is 1.00. The molecule has 1 aromatic carbocycles. The number of fused-ring (bicyclic) bond motifs is 2. The molecule has 29 heavy (non-hydrogen) atoms. The highest BCUT2D eigenvalue weighted by molar-refractivity contribution is 6.09. The van der Waals surface area contributed by atoms with Crippen molar-refractivity contribution in [3.8, 4) is 5.75 Å². The van der Waals surface area contributed by atoms with E-state index < -0.39 is 0 Å². The van der Waals surface area contributed by atoms with Crippen molar-refractivity contribution >= 4 is 22.9 Å². The van der Waals surface area contributed by atoms with E-state index in [-0.39, 0.29) is 12.0 Å². The van der Waals surface area contributed by atoms with Crippen molar-refractivity contribution in [2.24, 2.45) is 0 Å². The summed E-state index contributed by atoms with van der Waals surface area (Å²) in [5, 5.41) is 14.3. The molecule has 1 saturated heterocycles. The molecule has 8 heteroatoms. The number of hydrogen-bond acceptors (Lipinski definition) is 6. The Balaban J connectivity index is 0.000000994. The molecule has 0 bridgehead atoms. The molecule has 2 N–H and O–H groups in total. The van der Waals surface area contributed by atoms with Gasteiger partial charge in [-0.15, -0.1) is 0 Å². The Bertz CT molecular complexity index is 1030. The van der Waals surface area contributed by atoms with Gasteiger partial charge in [-0.1, -0.05) is 0 Å². The zero-order chi connectivity index (χ0) is 20.4. The lowest BCUT2D eigenvalue weighted by Crippen LogP contribution is -2.21. The van der Waals surface area contributed by atoms with Gasteiger partial charge in [0, 0.05) is 50.6 Å². The molecule has 0 saturated carbocycles. The van der Waals surface area contributed by atoms with Gasteiger partial charge in [0.05, 0.1) is 17.6 Å². The molecule has 0 radical (unpaired) electrons. The number of carbonyl (C=O) groups is 1. The Kier molecular flexibility index (Phi) is 5.35. The fraction of sp³-hybridized carbons (Fsp3) is 0.381. The number of aromatic nitrogens is 3. The van der Waals surface area contributed by atoms with Gasteiger partial charge < -0.3 is 20.1 Å². The second-order valence-corrected chi connectivity index (χ2v) is 7.20. The molecule has 1 fully saturated rings. The number of anilines is 2. The maximum absolute atomic E-state index is 13.0. The molecule has 3 aromatic rings. The summed E-state index contributed by atoms with van der Waals surface area (Å²) in [6.07, 6.45) is 8.36. The highest BCUT2D eigenvalue weighted by Crippen LogP contribution is 2.39. The van der Waals surface area contributed by atoms with E-state index in [0.717, 1.165) is 49.3 Å². The molecule has 2 aliphatic rings. The minimum Gasteiger partial charge on any atom is -0.490 e. The second kappa shape index (κ2) is 8.08. The zero-order valence-electron chi connectivity index (χ0n) is 16.6. The maximum atomic E-state index is 13.0. The van der Waals surface area contributed by atoms with Gasteiger partial charge >= 0.3 is 0 Å². The molecule has 1 unspecified atom stereocenters. The molecule has 5 rings (SSSR count). The van der Waals surface area contributed by atoms with E-state index in [2.05, 4.69) is 39.4 Å². The number of rotatable bonds is 3. The molecule has 1 amide bonds. The van der Waals surface area contributed by atoms with Crippen LogP contribution < -0.4 is 15.0 Å². The van der Waals surface area contributed by atoms with E-state index in [1.165, 1.54) is 12.8 Å². The standard InChI is InChI=1S/C20H21N5O2.CH4O/c1-13-9-14-10-16(17(11-18(14)27-13)24-6-2-3-7-24)23-20(26)15-12-22-25-8-4-5-21-19(15)25;1-2/h4-5,8,10-13H,2-3,6-7,9H2,1H3,(H,23,26);2H,1H3. The highest BCUT2D eigenvalue weighted by atomic mass is 16.5. The monoisotopic (exact) mass is 395 g/mol. The third kappa shape index (κ3) is 3.63. The normalized spacial score (nSPS) is 17.5. The number of amides is 1. The van der Waals surface area contributed by atoms with Gasteiger partial charge in [-0.3, -0.25) is 4.79 Å². The Hall–Kier alpha value is -3.13. The van der Waals surface area contributed by atoms with E-state index in [0.29, 0.717) is 11.2 Å². The number of nitrogens with zero attached hydrogens (tertiary/aromatic N) is 4. The topological polar surface area (TPSA) is 92.0 Å². The number of aliphatic hydroxyl groups excluding tert-OH is 1. The maximum Gasteiger partial charge on any atom is 0.261 e. The number of aliphatic hydroxyl groups is 1. The first kappa shape index (κ1) is 19.2. The quantitative estimate of drug-likeness (QED) is 0.708. The summed E-state index contributed by atoms with van der Waals surface area (Å²) in [5.74, 6) is 0.733. The third-order valence-electron chi connectivity index (χ3n) is 5.23. The number of nitrogens with one attached hydrogen (secondary N) is 1. The summed E-state index contributed by atoms with van der Waals surface area (Å²) in [6, 6.07) is 5.92. The Morgan fingerprint density at radius 2 is 2.07 bits per heavy atom. The Morgan fingerprint density at radius 1 is 1.28 bits per heavy atom. The molecule has 0 aliphatic carbocycles. The molecule has 4 heterocycles. The minimum atomic E-state index is -0.198. The summed E-state index contributed by atoms with van der Waals surface area (Å²) < 4.78 is 7.54. The highest BCUT2D eigenvalue weighted by Gasteiger charge is 2.26. The lowest BCUT2D eigenvalue weighted by molar-refractivity contribution is 0.102. The SMILES string of the molecule is CC1Cc2cc(NC(=O)c3cnn4cccnc34)c(N3CCCC3)cc2O1.CO. The molecule has 1 atom stereocenters. The number of ether oxygens (including phenoxy) is 1. The van der Waals surface area contributed by atoms with Gasteiger partial charge in [0.2, 0.25) is 0 Å². The largest absolute Gasteiger partial charge is 0.490 e. The van der Waals surface area contributed by atoms with E-state index in [1.807, 2.05) is 0 Å². The van der Waals surface area contributed by atoms with E-state index in [1.54, 1.807) is 29.2 Å². The van der Waals surface area contributed by atoms with Crippen molar-refractivity contribution in [1.82, 2.24) is 14.6 Å². The van der Waals surface area contributed by atoms with Crippen LogP contribution in [-0.4, -0.2) is 51.9 Å². The predicted molar refractivity (Wildman–Crippen MR) is 111 cm³/mol. The zero-order valence-corrected chi connectivity index (χ0v) is 16.6. The number of hydrogen-bond donors (Lipinski definition) is 2. The van der Waals surface area contributed by atoms with E-state index >= 15 is 0 Å². The van der Waals surface area contributed by atoms with Crippen LogP contribution >= 0.6 is 0 Å². The van der Waals surface area contributed by atoms with Gasteiger partial charge in [-0.25, -0.2) is 9.50 Å². The Labute approximate surface area is 169 Å². The van der Waals surface area contributed by atoms with Crippen LogP contribution in [0.2, 0.25) is 0 Å². The summed E-state index contributed by atoms with van der Waals surface area (Å²) in [6.45, 7) is 4.06. The third-order valence-corrected chi connectivity index (χ3v) is 5.23. The van der Waals surface area contributed by atoms with Gasteiger partial charge in [0.1, 0.15) is 17.4 Å². The van der Waals surface area contributed by atoms with Crippen LogP contribution in [0.1, 0.15) is 35.7 Å². The summed E-state index contributed by atoms with van der Waals surface area (Å²) >= 11 is 0. The number of benzene rings is 1. The fourth-order valence-corrected chi connectivity index (χ4v) is 3.95. The molecule has 152 valence electrons. The van der Waals surface area contributed by atoms with Crippen LogP contribution in [0.15, 0.2) is 36.8 Å². The average molecular weight is 395 g/mol. The molecule has 0 spiro atoms. The van der Waals surface area contributed by atoms with Crippen LogP contribution in [0.5, 0.6) is 5.75 Å². The fourth-order valence-electron chi connectivity index (χ4n) is 3.95. The molecular formula is C21H25N5O3. The second-order valence-electron chi connectivity index (χ2n) is 7.20. The van der Waals surface area contributed by atoms with Crippen molar-refractivity contribution < 1.29 is 14.6 Å². The first-order valence-electron chi connectivity index (χ1n) is 9.82. The number of carbonyl (C=O) groups excluding carboxylic acids is 1. The molecule has 8 nitrogen and oxygen atoms in total.